The minimum Gasteiger partial charge on any atom is -0.448 e. The summed E-state index contributed by atoms with van der Waals surface area (Å²) in [6.45, 7) is 1.60. The Balaban J connectivity index is 2.65. The number of amides is 2. The van der Waals surface area contributed by atoms with Crippen molar-refractivity contribution in [3.05, 3.63) is 17.8 Å². The lowest BCUT2D eigenvalue weighted by Crippen LogP contribution is -2.36. The summed E-state index contributed by atoms with van der Waals surface area (Å²) in [6, 6.07) is 0. The largest absolute Gasteiger partial charge is 0.448 e. The third-order valence-corrected chi connectivity index (χ3v) is 1.20. The first-order valence-electron chi connectivity index (χ1n) is 3.15. The number of carbonyl (C=O) groups is 2. The van der Waals surface area contributed by atoms with Crippen LogP contribution in [0.4, 0.5) is 0 Å². The molecule has 0 saturated carbocycles. The molecular formula is C6H7N3O3. The number of hydrogen-bond acceptors (Lipinski definition) is 4. The summed E-state index contributed by atoms with van der Waals surface area (Å²) in [4.78, 5) is 24.5. The molecule has 1 aromatic heterocycles. The minimum absolute atomic E-state index is 0.157. The molecule has 0 aliphatic rings. The van der Waals surface area contributed by atoms with E-state index >= 15 is 0 Å². The molecule has 0 spiro atoms. The molecule has 1 rings (SSSR count). The number of rotatable bonds is 3. The van der Waals surface area contributed by atoms with E-state index in [1.54, 1.807) is 6.92 Å². The topological polar surface area (TPSA) is 84.2 Å². The maximum absolute atomic E-state index is 11.0. The van der Waals surface area contributed by atoms with Crippen molar-refractivity contribution in [2.24, 2.45) is 0 Å². The highest BCUT2D eigenvalue weighted by Gasteiger charge is 2.11. The molecule has 64 valence electrons. The van der Waals surface area contributed by atoms with Crippen molar-refractivity contribution in [3.63, 3.8) is 0 Å². The van der Waals surface area contributed by atoms with E-state index < -0.39 is 5.91 Å². The molecule has 12 heavy (non-hydrogen) atoms. The maximum atomic E-state index is 11.0. The maximum Gasteiger partial charge on any atom is 0.291 e. The zero-order valence-electron chi connectivity index (χ0n) is 6.33. The molecular weight excluding hydrogens is 162 g/mol. The Morgan fingerprint density at radius 1 is 1.75 bits per heavy atom. The Hall–Kier alpha value is -1.85. The number of hydrazine groups is 1. The fourth-order valence-electron chi connectivity index (χ4n) is 0.678. The summed E-state index contributed by atoms with van der Waals surface area (Å²) in [5.74, 6) is -0.103. The van der Waals surface area contributed by atoms with Gasteiger partial charge in [-0.05, 0) is 6.92 Å². The molecule has 0 unspecified atom stereocenters. The van der Waals surface area contributed by atoms with Crippen LogP contribution in [0.2, 0.25) is 0 Å². The van der Waals surface area contributed by atoms with Gasteiger partial charge < -0.3 is 4.42 Å². The standard InChI is InChI=1S/C6H7N3O3/c1-4-5(7-3-12-4)6(11)9-8-2-10/h2-3H,1H3,(H,8,10)(H,9,11). The summed E-state index contributed by atoms with van der Waals surface area (Å²) in [5, 5.41) is 0. The summed E-state index contributed by atoms with van der Waals surface area (Å²) in [6.07, 6.45) is 1.51. The molecule has 0 aliphatic heterocycles. The highest BCUT2D eigenvalue weighted by Crippen LogP contribution is 2.02. The van der Waals surface area contributed by atoms with Crippen molar-refractivity contribution < 1.29 is 14.0 Å². The van der Waals surface area contributed by atoms with E-state index in [1.807, 2.05) is 5.43 Å². The molecule has 6 nitrogen and oxygen atoms in total. The summed E-state index contributed by atoms with van der Waals surface area (Å²) in [5.41, 5.74) is 4.25. The van der Waals surface area contributed by atoms with E-state index in [0.717, 1.165) is 6.39 Å². The zero-order valence-corrected chi connectivity index (χ0v) is 6.33. The Kier molecular flexibility index (Phi) is 2.42. The Morgan fingerprint density at radius 2 is 2.50 bits per heavy atom. The van der Waals surface area contributed by atoms with E-state index in [9.17, 15) is 9.59 Å². The SMILES string of the molecule is Cc1ocnc1C(=O)NNC=O. The van der Waals surface area contributed by atoms with Crippen LogP contribution in [-0.2, 0) is 4.79 Å². The van der Waals surface area contributed by atoms with E-state index in [2.05, 4.69) is 10.4 Å². The predicted molar refractivity (Wildman–Crippen MR) is 37.9 cm³/mol. The summed E-state index contributed by atoms with van der Waals surface area (Å²) < 4.78 is 4.78. The highest BCUT2D eigenvalue weighted by molar-refractivity contribution is 5.93. The van der Waals surface area contributed by atoms with Crippen LogP contribution in [0.15, 0.2) is 10.8 Å². The number of nitrogens with one attached hydrogen (secondary N) is 2. The predicted octanol–water partition coefficient (Wildman–Crippen LogP) is -0.626. The van der Waals surface area contributed by atoms with Crippen LogP contribution in [0.3, 0.4) is 0 Å². The highest BCUT2D eigenvalue weighted by atomic mass is 16.3. The van der Waals surface area contributed by atoms with Gasteiger partial charge in [0, 0.05) is 0 Å². The van der Waals surface area contributed by atoms with Crippen LogP contribution in [-0.4, -0.2) is 17.3 Å². The third-order valence-electron chi connectivity index (χ3n) is 1.20. The monoisotopic (exact) mass is 169 g/mol. The number of hydrogen-bond donors (Lipinski definition) is 2. The lowest BCUT2D eigenvalue weighted by molar-refractivity contribution is -0.110. The molecule has 0 saturated heterocycles. The molecule has 0 fully saturated rings. The van der Waals surface area contributed by atoms with Crippen molar-refractivity contribution in [1.82, 2.24) is 15.8 Å². The van der Waals surface area contributed by atoms with Gasteiger partial charge in [-0.15, -0.1) is 0 Å². The second-order valence-electron chi connectivity index (χ2n) is 1.97. The van der Waals surface area contributed by atoms with Gasteiger partial charge in [0.2, 0.25) is 6.41 Å². The van der Waals surface area contributed by atoms with Crippen molar-refractivity contribution in [1.29, 1.82) is 0 Å². The van der Waals surface area contributed by atoms with Crippen LogP contribution in [0.1, 0.15) is 16.2 Å². The fraction of sp³-hybridized carbons (Fsp3) is 0.167. The van der Waals surface area contributed by atoms with Crippen LogP contribution < -0.4 is 10.9 Å². The molecule has 1 aromatic rings. The van der Waals surface area contributed by atoms with E-state index in [1.165, 1.54) is 0 Å². The Morgan fingerprint density at radius 3 is 3.00 bits per heavy atom. The van der Waals surface area contributed by atoms with Crippen molar-refractivity contribution in [2.75, 3.05) is 0 Å². The molecule has 0 atom stereocenters. The van der Waals surface area contributed by atoms with Gasteiger partial charge >= 0.3 is 0 Å². The molecule has 2 N–H and O–H groups in total. The number of aromatic nitrogens is 1. The Bertz CT molecular complexity index is 294. The van der Waals surface area contributed by atoms with Gasteiger partial charge in [-0.2, -0.15) is 0 Å². The molecule has 1 heterocycles. The van der Waals surface area contributed by atoms with Crippen molar-refractivity contribution in [2.45, 2.75) is 6.92 Å². The molecule has 0 radical (unpaired) electrons. The summed E-state index contributed by atoms with van der Waals surface area (Å²) >= 11 is 0. The second kappa shape index (κ2) is 3.51. The summed E-state index contributed by atoms with van der Waals surface area (Å²) in [7, 11) is 0. The van der Waals surface area contributed by atoms with Crippen molar-refractivity contribution in [3.8, 4) is 0 Å². The lowest BCUT2D eigenvalue weighted by atomic mass is 10.3. The number of aryl methyl sites for hydroxylation is 1. The molecule has 0 aliphatic carbocycles. The smallest absolute Gasteiger partial charge is 0.291 e. The quantitative estimate of drug-likeness (QED) is 0.466. The average molecular weight is 169 g/mol. The zero-order chi connectivity index (χ0) is 8.97. The van der Waals surface area contributed by atoms with E-state index in [-0.39, 0.29) is 5.69 Å². The first-order valence-corrected chi connectivity index (χ1v) is 3.15. The van der Waals surface area contributed by atoms with Gasteiger partial charge in [0.1, 0.15) is 5.76 Å². The van der Waals surface area contributed by atoms with Crippen LogP contribution in [0.25, 0.3) is 0 Å². The van der Waals surface area contributed by atoms with Gasteiger partial charge in [0.05, 0.1) is 0 Å². The van der Waals surface area contributed by atoms with Gasteiger partial charge in [-0.3, -0.25) is 20.4 Å². The molecule has 0 bridgehead atoms. The molecule has 6 heteroatoms. The van der Waals surface area contributed by atoms with Crippen LogP contribution >= 0.6 is 0 Å². The van der Waals surface area contributed by atoms with E-state index in [4.69, 9.17) is 4.42 Å². The minimum atomic E-state index is -0.506. The van der Waals surface area contributed by atoms with Crippen molar-refractivity contribution >= 4 is 12.3 Å². The van der Waals surface area contributed by atoms with Crippen LogP contribution in [0.5, 0.6) is 0 Å². The van der Waals surface area contributed by atoms with Crippen LogP contribution in [0, 0.1) is 6.92 Å². The normalized spacial score (nSPS) is 9.08. The third kappa shape index (κ3) is 1.60. The van der Waals surface area contributed by atoms with Gasteiger partial charge in [0.25, 0.3) is 5.91 Å². The number of nitrogens with zero attached hydrogens (tertiary/aromatic N) is 1. The second-order valence-corrected chi connectivity index (χ2v) is 1.97. The molecule has 0 aromatic carbocycles. The van der Waals surface area contributed by atoms with Gasteiger partial charge in [0.15, 0.2) is 12.1 Å². The first kappa shape index (κ1) is 8.25. The molecule has 2 amide bonds. The van der Waals surface area contributed by atoms with Gasteiger partial charge in [-0.1, -0.05) is 0 Å². The van der Waals surface area contributed by atoms with Gasteiger partial charge in [-0.25, -0.2) is 4.98 Å². The number of carbonyl (C=O) groups excluding carboxylic acids is 2. The fourth-order valence-corrected chi connectivity index (χ4v) is 0.678. The first-order chi connectivity index (χ1) is 5.75. The lowest BCUT2D eigenvalue weighted by Gasteiger charge is -1.98. The Labute approximate surface area is 67.9 Å². The van der Waals surface area contributed by atoms with E-state index in [0.29, 0.717) is 12.2 Å². The number of oxazole rings is 1. The average Bonchev–Trinajstić information content (AvgIpc) is 2.47.